The molecule has 0 aromatic heterocycles. The first kappa shape index (κ1) is 49.2. The maximum absolute atomic E-state index is 12.7. The van der Waals surface area contributed by atoms with Crippen molar-refractivity contribution >= 4 is 11.9 Å². The standard InChI is InChI=1S/C43H78O10/c1-3-5-7-9-11-13-15-17-18-20-22-24-26-28-30-32-39(46)52-36(35-51-43-42(49)41(48)40(47)37(33-44)53-43)34-50-38(45)31-29-27-25-23-21-19-16-14-12-10-8-6-4-2/h13,15,19,21,36-37,40-44,47-49H,3-12,14,16-18,20,22-35H2,1-2H3/b15-13+,21-19+/t36-,37-,40+,41?,42?,43-/m1/s1. The minimum Gasteiger partial charge on any atom is -0.462 e. The van der Waals surface area contributed by atoms with Crippen molar-refractivity contribution in [3.63, 3.8) is 0 Å². The average molecular weight is 755 g/mol. The van der Waals surface area contributed by atoms with E-state index in [1.54, 1.807) is 0 Å². The topological polar surface area (TPSA) is 152 Å². The molecular weight excluding hydrogens is 676 g/mol. The van der Waals surface area contributed by atoms with Crippen LogP contribution in [0, 0.1) is 0 Å². The van der Waals surface area contributed by atoms with E-state index in [2.05, 4.69) is 38.2 Å². The van der Waals surface area contributed by atoms with E-state index in [4.69, 9.17) is 18.9 Å². The lowest BCUT2D eigenvalue weighted by atomic mass is 9.99. The van der Waals surface area contributed by atoms with Gasteiger partial charge in [0.1, 0.15) is 31.0 Å². The molecule has 0 amide bonds. The summed E-state index contributed by atoms with van der Waals surface area (Å²) >= 11 is 0. The Balaban J connectivity index is 2.37. The first-order valence-electron chi connectivity index (χ1n) is 21.4. The lowest BCUT2D eigenvalue weighted by molar-refractivity contribution is -0.305. The number of unbranched alkanes of at least 4 members (excludes halogenated alkanes) is 20. The maximum atomic E-state index is 12.7. The number of carbonyl (C=O) groups is 2. The lowest BCUT2D eigenvalue weighted by Gasteiger charge is -2.39. The predicted molar refractivity (Wildman–Crippen MR) is 210 cm³/mol. The van der Waals surface area contributed by atoms with E-state index in [9.17, 15) is 30.0 Å². The summed E-state index contributed by atoms with van der Waals surface area (Å²) < 4.78 is 22.1. The van der Waals surface area contributed by atoms with Crippen molar-refractivity contribution in [3.05, 3.63) is 24.3 Å². The quantitative estimate of drug-likeness (QED) is 0.0281. The molecule has 0 aromatic carbocycles. The molecule has 0 saturated carbocycles. The highest BCUT2D eigenvalue weighted by atomic mass is 16.7. The van der Waals surface area contributed by atoms with Crippen LogP contribution in [0.5, 0.6) is 0 Å². The molecule has 10 heteroatoms. The van der Waals surface area contributed by atoms with Crippen molar-refractivity contribution < 1.29 is 49.0 Å². The molecule has 0 spiro atoms. The number of ether oxygens (including phenoxy) is 4. The Hall–Kier alpha value is -1.82. The molecule has 4 N–H and O–H groups in total. The summed E-state index contributed by atoms with van der Waals surface area (Å²) in [6.45, 7) is 3.38. The van der Waals surface area contributed by atoms with Gasteiger partial charge in [-0.2, -0.15) is 0 Å². The van der Waals surface area contributed by atoms with Crippen LogP contribution in [0.3, 0.4) is 0 Å². The molecule has 0 aromatic rings. The molecule has 1 saturated heterocycles. The fourth-order valence-electron chi connectivity index (χ4n) is 6.35. The van der Waals surface area contributed by atoms with Crippen LogP contribution in [0.4, 0.5) is 0 Å². The normalized spacial score (nSPS) is 21.1. The van der Waals surface area contributed by atoms with E-state index >= 15 is 0 Å². The van der Waals surface area contributed by atoms with Gasteiger partial charge in [0, 0.05) is 12.8 Å². The number of allylic oxidation sites excluding steroid dienone is 4. The van der Waals surface area contributed by atoms with Crippen LogP contribution in [0.2, 0.25) is 0 Å². The van der Waals surface area contributed by atoms with E-state index in [1.165, 1.54) is 89.9 Å². The van der Waals surface area contributed by atoms with Crippen LogP contribution in [-0.2, 0) is 28.5 Å². The van der Waals surface area contributed by atoms with Gasteiger partial charge in [0.25, 0.3) is 0 Å². The van der Waals surface area contributed by atoms with Gasteiger partial charge < -0.3 is 39.4 Å². The van der Waals surface area contributed by atoms with Crippen molar-refractivity contribution in [3.8, 4) is 0 Å². The smallest absolute Gasteiger partial charge is 0.306 e. The third kappa shape index (κ3) is 26.6. The van der Waals surface area contributed by atoms with Crippen LogP contribution >= 0.6 is 0 Å². The Kier molecular flexibility index (Phi) is 32.2. The zero-order valence-electron chi connectivity index (χ0n) is 33.5. The van der Waals surface area contributed by atoms with E-state index < -0.39 is 55.4 Å². The first-order valence-corrected chi connectivity index (χ1v) is 21.4. The third-order valence-corrected chi connectivity index (χ3v) is 9.81. The SMILES string of the molecule is CCCCCC/C=C/CCCCCCCCCC(=O)O[C@H](COC(=O)CCCCC/C=C/CCCCCCCC)CO[C@@H]1O[C@H](CO)[C@H](O)C(O)C1O. The van der Waals surface area contributed by atoms with E-state index in [0.717, 1.165) is 51.4 Å². The average Bonchev–Trinajstić information content (AvgIpc) is 3.15. The molecule has 1 fully saturated rings. The second kappa shape index (κ2) is 34.7. The van der Waals surface area contributed by atoms with Crippen molar-refractivity contribution in [2.75, 3.05) is 19.8 Å². The molecule has 0 bridgehead atoms. The summed E-state index contributed by atoms with van der Waals surface area (Å²) in [5.74, 6) is -0.828. The number of aliphatic hydroxyl groups is 4. The zero-order chi connectivity index (χ0) is 38.8. The molecule has 10 nitrogen and oxygen atoms in total. The summed E-state index contributed by atoms with van der Waals surface area (Å²) in [5.41, 5.74) is 0. The fraction of sp³-hybridized carbons (Fsp3) is 0.860. The molecule has 6 atom stereocenters. The van der Waals surface area contributed by atoms with Crippen LogP contribution in [0.25, 0.3) is 0 Å². The molecule has 1 rings (SSSR count). The number of carbonyl (C=O) groups excluding carboxylic acids is 2. The molecular formula is C43H78O10. The van der Waals surface area contributed by atoms with Gasteiger partial charge in [-0.15, -0.1) is 0 Å². The molecule has 1 aliphatic rings. The fourth-order valence-corrected chi connectivity index (χ4v) is 6.35. The van der Waals surface area contributed by atoms with Gasteiger partial charge in [-0.05, 0) is 64.2 Å². The highest BCUT2D eigenvalue weighted by molar-refractivity contribution is 5.70. The highest BCUT2D eigenvalue weighted by Gasteiger charge is 2.44. The minimum atomic E-state index is -1.59. The summed E-state index contributed by atoms with van der Waals surface area (Å²) in [4.78, 5) is 25.2. The number of hydrogen-bond donors (Lipinski definition) is 4. The van der Waals surface area contributed by atoms with Gasteiger partial charge in [-0.1, -0.05) is 128 Å². The number of hydrogen-bond acceptors (Lipinski definition) is 10. The van der Waals surface area contributed by atoms with Crippen molar-refractivity contribution in [1.29, 1.82) is 0 Å². The number of aliphatic hydroxyl groups excluding tert-OH is 4. The molecule has 0 radical (unpaired) electrons. The molecule has 310 valence electrons. The summed E-state index contributed by atoms with van der Waals surface area (Å²) in [5, 5.41) is 40.0. The van der Waals surface area contributed by atoms with Crippen LogP contribution < -0.4 is 0 Å². The van der Waals surface area contributed by atoms with Gasteiger partial charge in [0.2, 0.25) is 0 Å². The summed E-state index contributed by atoms with van der Waals surface area (Å²) in [7, 11) is 0. The molecule has 2 unspecified atom stereocenters. The van der Waals surface area contributed by atoms with Gasteiger partial charge >= 0.3 is 11.9 Å². The van der Waals surface area contributed by atoms with Crippen molar-refractivity contribution in [2.45, 2.75) is 218 Å². The molecule has 1 aliphatic heterocycles. The number of esters is 2. The van der Waals surface area contributed by atoms with Gasteiger partial charge in [-0.3, -0.25) is 9.59 Å². The Bertz CT molecular complexity index is 923. The summed E-state index contributed by atoms with van der Waals surface area (Å²) in [6, 6.07) is 0. The van der Waals surface area contributed by atoms with E-state index in [1.807, 2.05) is 0 Å². The minimum absolute atomic E-state index is 0.223. The second-order valence-corrected chi connectivity index (χ2v) is 14.8. The Morgan fingerprint density at radius 3 is 1.51 bits per heavy atom. The largest absolute Gasteiger partial charge is 0.462 e. The lowest BCUT2D eigenvalue weighted by Crippen LogP contribution is -2.59. The van der Waals surface area contributed by atoms with Crippen molar-refractivity contribution in [2.24, 2.45) is 0 Å². The first-order chi connectivity index (χ1) is 25.8. The Morgan fingerprint density at radius 2 is 1.00 bits per heavy atom. The van der Waals surface area contributed by atoms with Gasteiger partial charge in [0.15, 0.2) is 12.4 Å². The van der Waals surface area contributed by atoms with E-state index in [0.29, 0.717) is 12.8 Å². The van der Waals surface area contributed by atoms with E-state index in [-0.39, 0.29) is 26.1 Å². The highest BCUT2D eigenvalue weighted by Crippen LogP contribution is 2.22. The van der Waals surface area contributed by atoms with Gasteiger partial charge in [0.05, 0.1) is 13.2 Å². The predicted octanol–water partition coefficient (Wildman–Crippen LogP) is 8.55. The van der Waals surface area contributed by atoms with Crippen LogP contribution in [0.1, 0.15) is 181 Å². The molecule has 1 heterocycles. The Morgan fingerprint density at radius 1 is 0.566 bits per heavy atom. The van der Waals surface area contributed by atoms with Gasteiger partial charge in [-0.25, -0.2) is 0 Å². The van der Waals surface area contributed by atoms with Crippen LogP contribution in [-0.4, -0.2) is 89.0 Å². The Labute approximate surface area is 322 Å². The monoisotopic (exact) mass is 755 g/mol. The number of rotatable bonds is 35. The van der Waals surface area contributed by atoms with Crippen molar-refractivity contribution in [1.82, 2.24) is 0 Å². The van der Waals surface area contributed by atoms with Crippen LogP contribution in [0.15, 0.2) is 24.3 Å². The molecule has 53 heavy (non-hydrogen) atoms. The molecule has 0 aliphatic carbocycles. The second-order valence-electron chi connectivity index (χ2n) is 14.8. The summed E-state index contributed by atoms with van der Waals surface area (Å²) in [6.07, 6.45) is 29.0. The maximum Gasteiger partial charge on any atom is 0.306 e. The zero-order valence-corrected chi connectivity index (χ0v) is 33.5. The third-order valence-electron chi connectivity index (χ3n) is 9.81.